The molecule has 3 aromatic rings. The lowest BCUT2D eigenvalue weighted by Gasteiger charge is -2.26. The average Bonchev–Trinajstić information content (AvgIpc) is 3.48. The van der Waals surface area contributed by atoms with Crippen LogP contribution in [0.2, 0.25) is 0 Å². The largest absolute Gasteiger partial charge is 0.451 e. The molecule has 0 unspecified atom stereocenters. The van der Waals surface area contributed by atoms with Gasteiger partial charge in [0.25, 0.3) is 0 Å². The summed E-state index contributed by atoms with van der Waals surface area (Å²) in [5.74, 6) is -1.36. The van der Waals surface area contributed by atoms with Gasteiger partial charge in [0.2, 0.25) is 11.7 Å². The molecule has 2 saturated heterocycles. The molecule has 7 nitrogen and oxygen atoms in total. The number of likely N-dealkylation sites (tertiary alicyclic amines) is 1. The van der Waals surface area contributed by atoms with E-state index in [1.165, 1.54) is 19.3 Å². The molecule has 2 fully saturated rings. The average molecular weight is 563 g/mol. The van der Waals surface area contributed by atoms with Crippen LogP contribution < -0.4 is 10.2 Å². The maximum Gasteiger partial charge on any atom is 0.451 e. The van der Waals surface area contributed by atoms with Crippen LogP contribution in [0.5, 0.6) is 0 Å². The number of nitrogens with one attached hydrogen (secondary N) is 1. The van der Waals surface area contributed by atoms with Crippen LogP contribution in [0.25, 0.3) is 11.3 Å². The van der Waals surface area contributed by atoms with E-state index in [4.69, 9.17) is 5.26 Å². The van der Waals surface area contributed by atoms with Crippen molar-refractivity contribution in [2.24, 2.45) is 0 Å². The van der Waals surface area contributed by atoms with Crippen LogP contribution in [0.15, 0.2) is 54.6 Å². The number of nitriles is 1. The fourth-order valence-electron chi connectivity index (χ4n) is 5.52. The summed E-state index contributed by atoms with van der Waals surface area (Å²) in [6.45, 7) is 3.74. The molecule has 2 aliphatic rings. The summed E-state index contributed by atoms with van der Waals surface area (Å²) in [5.41, 5.74) is 3.40. The fraction of sp³-hybridized carbons (Fsp3) is 0.419. The van der Waals surface area contributed by atoms with Crippen molar-refractivity contribution in [2.45, 2.75) is 57.3 Å². The van der Waals surface area contributed by atoms with Crippen LogP contribution in [0, 0.1) is 11.3 Å². The van der Waals surface area contributed by atoms with E-state index in [0.29, 0.717) is 43.5 Å². The Balaban J connectivity index is 1.31. The van der Waals surface area contributed by atoms with Crippen LogP contribution >= 0.6 is 0 Å². The smallest absolute Gasteiger partial charge is 0.354 e. The Morgan fingerprint density at radius 2 is 1.66 bits per heavy atom. The monoisotopic (exact) mass is 562 g/mol. The zero-order valence-electron chi connectivity index (χ0n) is 22.8. The van der Waals surface area contributed by atoms with Gasteiger partial charge in [-0.3, -0.25) is 9.69 Å². The van der Waals surface area contributed by atoms with Crippen molar-refractivity contribution in [2.75, 3.05) is 31.1 Å². The van der Waals surface area contributed by atoms with E-state index in [2.05, 4.69) is 26.3 Å². The zero-order chi connectivity index (χ0) is 28.8. The molecule has 1 N–H and O–H groups in total. The van der Waals surface area contributed by atoms with E-state index in [-0.39, 0.29) is 17.4 Å². The number of alkyl halides is 3. The van der Waals surface area contributed by atoms with Gasteiger partial charge in [0.1, 0.15) is 11.9 Å². The van der Waals surface area contributed by atoms with Crippen LogP contribution in [0.1, 0.15) is 54.6 Å². The third kappa shape index (κ3) is 7.22. The number of piperidine rings is 1. The SMILES string of the molecule is N#Cc1ccc(CCNC(=O)[C@@H]2CCCN2c2cc(-c3ccc(CN4CCCCC4)cc3)nc(C(F)(F)F)n2)cc1. The molecule has 3 heterocycles. The first-order valence-corrected chi connectivity index (χ1v) is 14.1. The minimum absolute atomic E-state index is 0.101. The standard InChI is InChI=1S/C31H33F3N6O/c32-31(33,34)30-37-26(25-12-10-24(11-13-25)21-39-16-2-1-3-17-39)19-28(38-30)40-18-4-5-27(40)29(41)36-15-14-22-6-8-23(20-35)9-7-22/h6-13,19,27H,1-5,14-18,21H2,(H,36,41)/t27-/m0/s1. The number of aromatic nitrogens is 2. The second-order valence-electron chi connectivity index (χ2n) is 10.7. The topological polar surface area (TPSA) is 85.2 Å². The van der Waals surface area contributed by atoms with E-state index < -0.39 is 18.0 Å². The summed E-state index contributed by atoms with van der Waals surface area (Å²) in [4.78, 5) is 24.9. The number of carbonyl (C=O) groups excluding carboxylic acids is 1. The third-order valence-corrected chi connectivity index (χ3v) is 7.72. The van der Waals surface area contributed by atoms with Gasteiger partial charge < -0.3 is 10.2 Å². The molecule has 41 heavy (non-hydrogen) atoms. The Morgan fingerprint density at radius 3 is 2.34 bits per heavy atom. The highest BCUT2D eigenvalue weighted by atomic mass is 19.4. The van der Waals surface area contributed by atoms with Gasteiger partial charge in [-0.25, -0.2) is 9.97 Å². The van der Waals surface area contributed by atoms with Gasteiger partial charge >= 0.3 is 6.18 Å². The molecule has 0 spiro atoms. The molecular weight excluding hydrogens is 529 g/mol. The number of rotatable bonds is 8. The van der Waals surface area contributed by atoms with Gasteiger partial charge in [0.05, 0.1) is 17.3 Å². The highest BCUT2D eigenvalue weighted by Crippen LogP contribution is 2.33. The number of nitrogens with zero attached hydrogens (tertiary/aromatic N) is 5. The van der Waals surface area contributed by atoms with Gasteiger partial charge in [0, 0.05) is 31.3 Å². The molecule has 214 valence electrons. The molecule has 2 aliphatic heterocycles. The van der Waals surface area contributed by atoms with E-state index in [1.54, 1.807) is 23.1 Å². The molecule has 0 aliphatic carbocycles. The molecule has 1 aromatic heterocycles. The molecule has 1 atom stereocenters. The molecule has 5 rings (SSSR count). The maximum atomic E-state index is 13.9. The summed E-state index contributed by atoms with van der Waals surface area (Å²) < 4.78 is 41.6. The lowest BCUT2D eigenvalue weighted by molar-refractivity contribution is -0.144. The summed E-state index contributed by atoms with van der Waals surface area (Å²) in [6, 6.07) is 17.6. The number of anilines is 1. The number of hydrogen-bond acceptors (Lipinski definition) is 6. The van der Waals surface area contributed by atoms with Gasteiger partial charge in [-0.1, -0.05) is 42.8 Å². The first-order valence-electron chi connectivity index (χ1n) is 14.1. The number of halogens is 3. The summed E-state index contributed by atoms with van der Waals surface area (Å²) in [5, 5.41) is 11.9. The van der Waals surface area contributed by atoms with Crippen molar-refractivity contribution in [3.05, 3.63) is 77.1 Å². The Bertz CT molecular complexity index is 1380. The summed E-state index contributed by atoms with van der Waals surface area (Å²) >= 11 is 0. The first kappa shape index (κ1) is 28.6. The molecule has 10 heteroatoms. The van der Waals surface area contributed by atoms with Gasteiger partial charge in [0.15, 0.2) is 0 Å². The fourth-order valence-corrected chi connectivity index (χ4v) is 5.52. The highest BCUT2D eigenvalue weighted by molar-refractivity contribution is 5.85. The van der Waals surface area contributed by atoms with Crippen molar-refractivity contribution >= 4 is 11.7 Å². The van der Waals surface area contributed by atoms with Crippen molar-refractivity contribution in [1.29, 1.82) is 5.26 Å². The van der Waals surface area contributed by atoms with E-state index in [1.807, 2.05) is 36.4 Å². The molecule has 0 bridgehead atoms. The predicted molar refractivity (Wildman–Crippen MR) is 150 cm³/mol. The lowest BCUT2D eigenvalue weighted by Crippen LogP contribution is -2.44. The number of amides is 1. The van der Waals surface area contributed by atoms with Gasteiger partial charge in [-0.2, -0.15) is 18.4 Å². The second kappa shape index (κ2) is 12.7. The van der Waals surface area contributed by atoms with Crippen LogP contribution in [0.4, 0.5) is 19.0 Å². The molecule has 2 aromatic carbocycles. The summed E-state index contributed by atoms with van der Waals surface area (Å²) in [7, 11) is 0. The maximum absolute atomic E-state index is 13.9. The van der Waals surface area contributed by atoms with Crippen LogP contribution in [-0.4, -0.2) is 53.0 Å². The molecule has 1 amide bonds. The Kier molecular flexibility index (Phi) is 8.84. The molecule has 0 radical (unpaired) electrons. The number of benzene rings is 2. The van der Waals surface area contributed by atoms with Crippen molar-refractivity contribution in [3.8, 4) is 17.3 Å². The van der Waals surface area contributed by atoms with Crippen LogP contribution in [-0.2, 0) is 23.9 Å². The van der Waals surface area contributed by atoms with Crippen molar-refractivity contribution in [1.82, 2.24) is 20.2 Å². The van der Waals surface area contributed by atoms with Crippen LogP contribution in [0.3, 0.4) is 0 Å². The minimum atomic E-state index is -4.72. The van der Waals surface area contributed by atoms with Crippen molar-refractivity contribution in [3.63, 3.8) is 0 Å². The third-order valence-electron chi connectivity index (χ3n) is 7.72. The van der Waals surface area contributed by atoms with E-state index in [9.17, 15) is 18.0 Å². The number of hydrogen-bond donors (Lipinski definition) is 1. The Morgan fingerprint density at radius 1 is 0.951 bits per heavy atom. The Hall–Kier alpha value is -3.97. The lowest BCUT2D eigenvalue weighted by atomic mass is 10.1. The predicted octanol–water partition coefficient (Wildman–Crippen LogP) is 5.35. The molecular formula is C31H33F3N6O. The quantitative estimate of drug-likeness (QED) is 0.399. The number of carbonyl (C=O) groups is 1. The normalized spacial score (nSPS) is 17.8. The Labute approximate surface area is 238 Å². The van der Waals surface area contributed by atoms with Crippen molar-refractivity contribution < 1.29 is 18.0 Å². The first-order chi connectivity index (χ1) is 19.8. The van der Waals surface area contributed by atoms with Gasteiger partial charge in [-0.05, 0) is 68.5 Å². The summed E-state index contributed by atoms with van der Waals surface area (Å²) in [6.07, 6.45) is 0.675. The zero-order valence-corrected chi connectivity index (χ0v) is 22.8. The highest BCUT2D eigenvalue weighted by Gasteiger charge is 2.38. The van der Waals surface area contributed by atoms with Gasteiger partial charge in [-0.15, -0.1) is 0 Å². The van der Waals surface area contributed by atoms with E-state index in [0.717, 1.165) is 30.8 Å². The minimum Gasteiger partial charge on any atom is -0.354 e. The molecule has 0 saturated carbocycles. The van der Waals surface area contributed by atoms with E-state index >= 15 is 0 Å². The second-order valence-corrected chi connectivity index (χ2v) is 10.7.